The average molecular weight is 540 g/mol. The van der Waals surface area contributed by atoms with Crippen molar-refractivity contribution in [1.29, 1.82) is 0 Å². The molecule has 0 spiro atoms. The maximum Gasteiger partial charge on any atom is 0.250 e. The molecule has 1 atom stereocenters. The Morgan fingerprint density at radius 3 is 1.63 bits per heavy atom. The van der Waals surface area contributed by atoms with Gasteiger partial charge in [0.15, 0.2) is 14.1 Å². The van der Waals surface area contributed by atoms with Crippen molar-refractivity contribution in [3.05, 3.63) is 23.8 Å². The summed E-state index contributed by atoms with van der Waals surface area (Å²) in [5, 5.41) is 0.522. The van der Waals surface area contributed by atoms with Gasteiger partial charge in [0.25, 0.3) is 8.32 Å². The molecule has 35 heavy (non-hydrogen) atoms. The van der Waals surface area contributed by atoms with Gasteiger partial charge in [0, 0.05) is 6.54 Å². The van der Waals surface area contributed by atoms with Crippen LogP contribution in [0.1, 0.15) is 74.0 Å². The standard InChI is InChI=1S/C28H57NO3Si3/c1-26(2,3)33(12,13)29(10)21-25(32-35(16,17)28(7,8)9)22-18-19-23(24(20-22)30-11)31-34(14,15)27(4,5)6/h18-20,25H,21H2,1-17H3. The summed E-state index contributed by atoms with van der Waals surface area (Å²) in [6, 6.07) is 6.45. The molecule has 0 aliphatic heterocycles. The highest BCUT2D eigenvalue weighted by Crippen LogP contribution is 2.44. The van der Waals surface area contributed by atoms with E-state index in [4.69, 9.17) is 13.6 Å². The number of likely N-dealkylation sites (N-methyl/N-ethyl adjacent to an activating group) is 1. The summed E-state index contributed by atoms with van der Waals surface area (Å²) in [6.45, 7) is 35.9. The maximum atomic E-state index is 7.09. The van der Waals surface area contributed by atoms with Crippen LogP contribution in [0.2, 0.25) is 54.4 Å². The Balaban J connectivity index is 3.50. The van der Waals surface area contributed by atoms with Crippen LogP contribution in [0.4, 0.5) is 0 Å². The lowest BCUT2D eigenvalue weighted by molar-refractivity contribution is 0.157. The zero-order chi connectivity index (χ0) is 27.8. The molecule has 0 fully saturated rings. The molecular formula is C28H57NO3Si3. The first-order chi connectivity index (χ1) is 15.4. The highest BCUT2D eigenvalue weighted by atomic mass is 28.4. The van der Waals surface area contributed by atoms with E-state index >= 15 is 0 Å². The van der Waals surface area contributed by atoms with E-state index in [1.54, 1.807) is 7.11 Å². The monoisotopic (exact) mass is 539 g/mol. The van der Waals surface area contributed by atoms with E-state index in [1.165, 1.54) is 5.56 Å². The molecule has 0 saturated carbocycles. The van der Waals surface area contributed by atoms with Gasteiger partial charge in [-0.15, -0.1) is 0 Å². The second-order valence-corrected chi connectivity index (χ2v) is 29.7. The molecule has 204 valence electrons. The molecule has 0 aliphatic rings. The van der Waals surface area contributed by atoms with Crippen LogP contribution in [0, 0.1) is 0 Å². The van der Waals surface area contributed by atoms with E-state index in [-0.39, 0.29) is 21.2 Å². The fourth-order valence-electron chi connectivity index (χ4n) is 3.19. The lowest BCUT2D eigenvalue weighted by Crippen LogP contribution is -2.55. The summed E-state index contributed by atoms with van der Waals surface area (Å²) in [4.78, 5) is 0. The topological polar surface area (TPSA) is 30.9 Å². The van der Waals surface area contributed by atoms with Crippen molar-refractivity contribution in [3.63, 3.8) is 0 Å². The Kier molecular flexibility index (Phi) is 9.85. The molecule has 0 N–H and O–H groups in total. The molecule has 0 aromatic heterocycles. The number of nitrogens with zero attached hydrogens (tertiary/aromatic N) is 1. The van der Waals surface area contributed by atoms with Gasteiger partial charge in [-0.3, -0.25) is 0 Å². The third-order valence-electron chi connectivity index (χ3n) is 9.20. The maximum absolute atomic E-state index is 7.09. The number of hydrogen-bond acceptors (Lipinski definition) is 4. The predicted molar refractivity (Wildman–Crippen MR) is 162 cm³/mol. The zero-order valence-electron chi connectivity index (χ0n) is 26.2. The molecular weight excluding hydrogens is 483 g/mol. The lowest BCUT2D eigenvalue weighted by atomic mass is 10.1. The average Bonchev–Trinajstić information content (AvgIpc) is 2.64. The molecule has 7 heteroatoms. The number of ether oxygens (including phenoxy) is 1. The van der Waals surface area contributed by atoms with Gasteiger partial charge in [-0.25, -0.2) is 0 Å². The third-order valence-corrected chi connectivity index (χ3v) is 23.8. The van der Waals surface area contributed by atoms with Gasteiger partial charge in [-0.05, 0) is 66.0 Å². The molecule has 0 heterocycles. The molecule has 1 aromatic carbocycles. The highest BCUT2D eigenvalue weighted by Gasteiger charge is 2.44. The van der Waals surface area contributed by atoms with Crippen molar-refractivity contribution in [1.82, 2.24) is 4.57 Å². The van der Waals surface area contributed by atoms with Gasteiger partial charge >= 0.3 is 0 Å². The van der Waals surface area contributed by atoms with Gasteiger partial charge in [0.05, 0.1) is 13.2 Å². The van der Waals surface area contributed by atoms with Crippen LogP contribution in [0.25, 0.3) is 0 Å². The molecule has 1 rings (SSSR count). The van der Waals surface area contributed by atoms with Crippen LogP contribution in [0.15, 0.2) is 18.2 Å². The summed E-state index contributed by atoms with van der Waals surface area (Å²) in [5.41, 5.74) is 1.17. The minimum atomic E-state index is -2.00. The van der Waals surface area contributed by atoms with E-state index in [0.717, 1.165) is 18.0 Å². The van der Waals surface area contributed by atoms with Crippen molar-refractivity contribution in [2.24, 2.45) is 0 Å². The fraction of sp³-hybridized carbons (Fsp3) is 0.786. The van der Waals surface area contributed by atoms with E-state index < -0.39 is 24.9 Å². The number of hydrogen-bond donors (Lipinski definition) is 0. The summed E-state index contributed by atoms with van der Waals surface area (Å²) in [5.74, 6) is 1.64. The van der Waals surface area contributed by atoms with Crippen LogP contribution in [0.3, 0.4) is 0 Å². The third kappa shape index (κ3) is 7.69. The van der Waals surface area contributed by atoms with Gasteiger partial charge in [0.1, 0.15) is 14.0 Å². The van der Waals surface area contributed by atoms with Crippen LogP contribution in [-0.4, -0.2) is 50.1 Å². The summed E-state index contributed by atoms with van der Waals surface area (Å²) < 4.78 is 22.2. The van der Waals surface area contributed by atoms with Gasteiger partial charge in [-0.2, -0.15) is 0 Å². The predicted octanol–water partition coefficient (Wildman–Crippen LogP) is 9.08. The second-order valence-electron chi connectivity index (χ2n) is 14.8. The van der Waals surface area contributed by atoms with Crippen molar-refractivity contribution >= 4 is 24.9 Å². The van der Waals surface area contributed by atoms with E-state index in [0.29, 0.717) is 0 Å². The van der Waals surface area contributed by atoms with E-state index in [1.807, 2.05) is 0 Å². The first-order valence-corrected chi connectivity index (χ1v) is 21.9. The summed E-state index contributed by atoms with van der Waals surface area (Å²) in [6.07, 6.45) is -0.0224. The number of methoxy groups -OCH3 is 1. The Hall–Kier alpha value is -0.609. The van der Waals surface area contributed by atoms with Crippen molar-refractivity contribution < 1.29 is 13.6 Å². The number of benzene rings is 1. The SMILES string of the molecule is COc1cc(C(CN(C)[Si](C)(C)C(C)(C)C)O[Si](C)(C)C(C)(C)C)ccc1O[Si](C)(C)C(C)(C)C. The fourth-order valence-corrected chi connectivity index (χ4v) is 7.26. The molecule has 0 bridgehead atoms. The van der Waals surface area contributed by atoms with Gasteiger partial charge < -0.3 is 18.2 Å². The zero-order valence-corrected chi connectivity index (χ0v) is 29.2. The van der Waals surface area contributed by atoms with Crippen LogP contribution in [0.5, 0.6) is 11.5 Å². The molecule has 4 nitrogen and oxygen atoms in total. The Morgan fingerprint density at radius 1 is 0.743 bits per heavy atom. The smallest absolute Gasteiger partial charge is 0.250 e. The van der Waals surface area contributed by atoms with E-state index in [2.05, 4.69) is 131 Å². The minimum Gasteiger partial charge on any atom is -0.541 e. The Morgan fingerprint density at radius 2 is 1.23 bits per heavy atom. The van der Waals surface area contributed by atoms with Gasteiger partial charge in [0.2, 0.25) is 0 Å². The highest BCUT2D eigenvalue weighted by molar-refractivity contribution is 6.77. The number of rotatable bonds is 9. The van der Waals surface area contributed by atoms with Gasteiger partial charge in [-0.1, -0.05) is 81.5 Å². The summed E-state index contributed by atoms with van der Waals surface area (Å²) >= 11 is 0. The quantitative estimate of drug-likeness (QED) is 0.293. The molecule has 0 amide bonds. The van der Waals surface area contributed by atoms with Crippen molar-refractivity contribution in [2.75, 3.05) is 20.7 Å². The van der Waals surface area contributed by atoms with Crippen molar-refractivity contribution in [3.8, 4) is 11.5 Å². The Bertz CT molecular complexity index is 846. The first-order valence-electron chi connectivity index (χ1n) is 13.1. The van der Waals surface area contributed by atoms with E-state index in [9.17, 15) is 0 Å². The molecule has 0 radical (unpaired) electrons. The van der Waals surface area contributed by atoms with Crippen LogP contribution < -0.4 is 9.16 Å². The summed E-state index contributed by atoms with van der Waals surface area (Å²) in [7, 11) is -1.65. The second kappa shape index (κ2) is 10.6. The molecule has 1 unspecified atom stereocenters. The van der Waals surface area contributed by atoms with Crippen LogP contribution >= 0.6 is 0 Å². The first kappa shape index (κ1) is 32.4. The van der Waals surface area contributed by atoms with Crippen molar-refractivity contribution in [2.45, 2.75) is 123 Å². The Labute approximate surface area is 221 Å². The largest absolute Gasteiger partial charge is 0.541 e. The molecule has 0 saturated heterocycles. The lowest BCUT2D eigenvalue weighted by Gasteiger charge is -2.47. The molecule has 0 aliphatic carbocycles. The normalized spacial score (nSPS) is 15.4. The minimum absolute atomic E-state index is 0.0224. The van der Waals surface area contributed by atoms with Crippen LogP contribution in [-0.2, 0) is 4.43 Å². The molecule has 1 aromatic rings.